The summed E-state index contributed by atoms with van der Waals surface area (Å²) in [5.41, 5.74) is 4.31. The summed E-state index contributed by atoms with van der Waals surface area (Å²) in [5, 5.41) is 0. The van der Waals surface area contributed by atoms with Crippen molar-refractivity contribution >= 4 is 17.5 Å². The molecule has 0 fully saturated rings. The summed E-state index contributed by atoms with van der Waals surface area (Å²) in [6, 6.07) is 16.8. The summed E-state index contributed by atoms with van der Waals surface area (Å²) in [5.74, 6) is 0.339. The van der Waals surface area contributed by atoms with Gasteiger partial charge in [0.1, 0.15) is 5.82 Å². The van der Waals surface area contributed by atoms with Gasteiger partial charge in [-0.25, -0.2) is 14.4 Å². The van der Waals surface area contributed by atoms with Crippen LogP contribution < -0.4 is 0 Å². The average molecular weight is 349 g/mol. The first-order valence-corrected chi connectivity index (χ1v) is 9.14. The van der Waals surface area contributed by atoms with Gasteiger partial charge in [0, 0.05) is 27.9 Å². The van der Waals surface area contributed by atoms with Crippen LogP contribution in [0.3, 0.4) is 0 Å². The highest BCUT2D eigenvalue weighted by atomic mass is 32.2. The molecule has 0 radical (unpaired) electrons. The maximum atomic E-state index is 13.8. The topological polar surface area (TPSA) is 30.2 Å². The lowest BCUT2D eigenvalue weighted by molar-refractivity contribution is 0.628. The first-order chi connectivity index (χ1) is 12.2. The molecule has 0 aliphatic carbocycles. The van der Waals surface area contributed by atoms with Crippen molar-refractivity contribution in [3.8, 4) is 22.5 Å². The van der Waals surface area contributed by atoms with Crippen molar-refractivity contribution in [2.45, 2.75) is 11.8 Å². The Kier molecular flexibility index (Phi) is 4.01. The van der Waals surface area contributed by atoms with Crippen LogP contribution in [-0.4, -0.2) is 20.6 Å². The minimum atomic E-state index is -0.276. The van der Waals surface area contributed by atoms with Crippen molar-refractivity contribution in [2.24, 2.45) is 0 Å². The number of halogens is 1. The normalized spacial score (nSPS) is 11.2. The third-order valence-electron chi connectivity index (χ3n) is 4.10. The van der Waals surface area contributed by atoms with Gasteiger partial charge in [0.05, 0.1) is 11.4 Å². The van der Waals surface area contributed by atoms with Gasteiger partial charge in [-0.2, -0.15) is 0 Å². The van der Waals surface area contributed by atoms with Crippen LogP contribution in [0.1, 0.15) is 5.69 Å². The number of hydrogen-bond donors (Lipinski definition) is 0. The van der Waals surface area contributed by atoms with E-state index < -0.39 is 0 Å². The number of rotatable bonds is 3. The Bertz CT molecular complexity index is 1050. The van der Waals surface area contributed by atoms with E-state index in [0.29, 0.717) is 5.78 Å². The van der Waals surface area contributed by atoms with Crippen LogP contribution in [0.4, 0.5) is 4.39 Å². The van der Waals surface area contributed by atoms with Crippen molar-refractivity contribution in [1.82, 2.24) is 14.4 Å². The summed E-state index contributed by atoms with van der Waals surface area (Å²) in [6.45, 7) is 1.93. The molecular weight excluding hydrogens is 333 g/mol. The summed E-state index contributed by atoms with van der Waals surface area (Å²) in [6.07, 6.45) is 4.01. The Morgan fingerprint density at radius 1 is 0.960 bits per heavy atom. The van der Waals surface area contributed by atoms with Crippen molar-refractivity contribution in [3.05, 3.63) is 72.3 Å². The van der Waals surface area contributed by atoms with E-state index in [-0.39, 0.29) is 5.82 Å². The predicted molar refractivity (Wildman–Crippen MR) is 100 cm³/mol. The molecule has 4 rings (SSSR count). The molecule has 0 unspecified atom stereocenters. The molecule has 3 nitrogen and oxygen atoms in total. The molecule has 0 amide bonds. The quantitative estimate of drug-likeness (QED) is 0.474. The fraction of sp³-hybridized carbons (Fsp3) is 0.100. The number of hydrogen-bond acceptors (Lipinski definition) is 3. The Morgan fingerprint density at radius 2 is 1.76 bits per heavy atom. The van der Waals surface area contributed by atoms with E-state index in [2.05, 4.69) is 34.2 Å². The lowest BCUT2D eigenvalue weighted by Gasteiger charge is -2.07. The highest BCUT2D eigenvalue weighted by Gasteiger charge is 2.17. The average Bonchev–Trinajstić information content (AvgIpc) is 3.00. The van der Waals surface area contributed by atoms with Gasteiger partial charge in [-0.05, 0) is 43.5 Å². The number of imidazole rings is 1. The monoisotopic (exact) mass is 349 g/mol. The van der Waals surface area contributed by atoms with Gasteiger partial charge >= 0.3 is 0 Å². The van der Waals surface area contributed by atoms with Gasteiger partial charge in [-0.3, -0.25) is 4.40 Å². The highest BCUT2D eigenvalue weighted by Crippen LogP contribution is 2.33. The smallest absolute Gasteiger partial charge is 0.235 e. The molecule has 0 atom stereocenters. The summed E-state index contributed by atoms with van der Waals surface area (Å²) in [7, 11) is 0. The fourth-order valence-corrected chi connectivity index (χ4v) is 3.29. The first kappa shape index (κ1) is 15.8. The third kappa shape index (κ3) is 2.91. The zero-order chi connectivity index (χ0) is 17.4. The maximum Gasteiger partial charge on any atom is 0.235 e. The van der Waals surface area contributed by atoms with E-state index in [9.17, 15) is 4.39 Å². The van der Waals surface area contributed by atoms with E-state index in [0.717, 1.165) is 28.2 Å². The maximum absolute atomic E-state index is 13.8. The van der Waals surface area contributed by atoms with Gasteiger partial charge in [-0.1, -0.05) is 24.3 Å². The summed E-state index contributed by atoms with van der Waals surface area (Å²) >= 11 is 1.70. The van der Waals surface area contributed by atoms with E-state index >= 15 is 0 Å². The molecule has 0 aliphatic rings. The Hall–Kier alpha value is -2.66. The number of aromatic nitrogens is 3. The van der Waals surface area contributed by atoms with E-state index in [4.69, 9.17) is 0 Å². The first-order valence-electron chi connectivity index (χ1n) is 7.92. The molecule has 0 saturated heterocycles. The second kappa shape index (κ2) is 6.33. The Morgan fingerprint density at radius 3 is 2.48 bits per heavy atom. The van der Waals surface area contributed by atoms with Gasteiger partial charge in [-0.15, -0.1) is 11.8 Å². The second-order valence-electron chi connectivity index (χ2n) is 5.79. The van der Waals surface area contributed by atoms with Crippen molar-refractivity contribution in [1.29, 1.82) is 0 Å². The summed E-state index contributed by atoms with van der Waals surface area (Å²) in [4.78, 5) is 10.4. The molecule has 0 bridgehead atoms. The predicted octanol–water partition coefficient (Wildman–Crippen LogP) is 5.23. The Balaban J connectivity index is 2.00. The van der Waals surface area contributed by atoms with Crippen LogP contribution in [0.25, 0.3) is 28.3 Å². The fourth-order valence-electron chi connectivity index (χ4n) is 2.88. The third-order valence-corrected chi connectivity index (χ3v) is 4.84. The number of thioether (sulfide) groups is 1. The number of aryl methyl sites for hydroxylation is 1. The SMILES string of the molecule is CSc1ccc(-c2c(-c3cccc(F)c3)nc3nc(C)ccn23)cc1. The van der Waals surface area contributed by atoms with Crippen LogP contribution in [-0.2, 0) is 0 Å². The largest absolute Gasteiger partial charge is 0.283 e. The van der Waals surface area contributed by atoms with Crippen LogP contribution in [0, 0.1) is 12.7 Å². The molecular formula is C20H16FN3S. The molecule has 5 heteroatoms. The zero-order valence-corrected chi connectivity index (χ0v) is 14.7. The van der Waals surface area contributed by atoms with E-state index in [1.165, 1.54) is 17.0 Å². The Labute approximate surface area is 149 Å². The lowest BCUT2D eigenvalue weighted by Crippen LogP contribution is -1.93. The minimum absolute atomic E-state index is 0.276. The van der Waals surface area contributed by atoms with Crippen molar-refractivity contribution in [3.63, 3.8) is 0 Å². The number of benzene rings is 2. The number of fused-ring (bicyclic) bond motifs is 1. The molecule has 4 aromatic rings. The molecule has 0 spiro atoms. The molecule has 25 heavy (non-hydrogen) atoms. The highest BCUT2D eigenvalue weighted by molar-refractivity contribution is 7.98. The van der Waals surface area contributed by atoms with Crippen molar-refractivity contribution < 1.29 is 4.39 Å². The lowest BCUT2D eigenvalue weighted by atomic mass is 10.0. The van der Waals surface area contributed by atoms with Crippen LogP contribution in [0.5, 0.6) is 0 Å². The molecule has 124 valence electrons. The van der Waals surface area contributed by atoms with Gasteiger partial charge in [0.15, 0.2) is 0 Å². The molecule has 2 aromatic heterocycles. The van der Waals surface area contributed by atoms with E-state index in [1.807, 2.05) is 35.9 Å². The van der Waals surface area contributed by atoms with Gasteiger partial charge in [0.2, 0.25) is 5.78 Å². The van der Waals surface area contributed by atoms with Crippen LogP contribution >= 0.6 is 11.8 Å². The van der Waals surface area contributed by atoms with Crippen molar-refractivity contribution in [2.75, 3.05) is 6.26 Å². The molecule has 2 aromatic carbocycles. The molecule has 0 saturated carbocycles. The van der Waals surface area contributed by atoms with E-state index in [1.54, 1.807) is 17.8 Å². The summed E-state index contributed by atoms with van der Waals surface area (Å²) < 4.78 is 15.7. The molecule has 2 heterocycles. The second-order valence-corrected chi connectivity index (χ2v) is 6.67. The molecule has 0 N–H and O–H groups in total. The van der Waals surface area contributed by atoms with Crippen LogP contribution in [0.2, 0.25) is 0 Å². The minimum Gasteiger partial charge on any atom is -0.283 e. The molecule has 0 aliphatic heterocycles. The zero-order valence-electron chi connectivity index (χ0n) is 13.9. The van der Waals surface area contributed by atoms with Crippen LogP contribution in [0.15, 0.2) is 65.7 Å². The van der Waals surface area contributed by atoms with Gasteiger partial charge in [0.25, 0.3) is 0 Å². The number of nitrogens with zero attached hydrogens (tertiary/aromatic N) is 3. The standard InChI is InChI=1S/C20H16FN3S/c1-13-10-11-24-19(14-6-8-17(25-2)9-7-14)18(23-20(24)22-13)15-4-3-5-16(21)12-15/h3-12H,1-2H3. The van der Waals surface area contributed by atoms with Gasteiger partial charge < -0.3 is 0 Å².